The average molecular weight is 256 g/mol. The fourth-order valence-electron chi connectivity index (χ4n) is 2.40. The van der Waals surface area contributed by atoms with E-state index in [4.69, 9.17) is 4.52 Å². The number of nitrogens with one attached hydrogen (secondary N) is 1. The summed E-state index contributed by atoms with van der Waals surface area (Å²) in [6.45, 7) is 2.19. The Labute approximate surface area is 111 Å². The molecule has 1 aromatic heterocycles. The van der Waals surface area contributed by atoms with Crippen LogP contribution in [0.4, 0.5) is 0 Å². The first-order valence-electron chi connectivity index (χ1n) is 6.55. The van der Waals surface area contributed by atoms with Gasteiger partial charge in [-0.05, 0) is 18.8 Å². The largest absolute Gasteiger partial charge is 0.350 e. The SMILES string of the molecule is C[C@H]1C[C@@H](NC(=O)c2cc(-c3ccccc3)no2)C1. The van der Waals surface area contributed by atoms with Crippen LogP contribution in [-0.2, 0) is 0 Å². The number of aromatic nitrogens is 1. The van der Waals surface area contributed by atoms with E-state index < -0.39 is 0 Å². The molecule has 1 N–H and O–H groups in total. The van der Waals surface area contributed by atoms with Crippen LogP contribution in [0.5, 0.6) is 0 Å². The fraction of sp³-hybridized carbons (Fsp3) is 0.333. The molecule has 4 nitrogen and oxygen atoms in total. The molecule has 0 bridgehead atoms. The van der Waals surface area contributed by atoms with E-state index in [0.29, 0.717) is 11.6 Å². The average Bonchev–Trinajstić information content (AvgIpc) is 2.87. The first kappa shape index (κ1) is 12.0. The summed E-state index contributed by atoms with van der Waals surface area (Å²) in [6.07, 6.45) is 2.09. The van der Waals surface area contributed by atoms with Crippen LogP contribution in [0, 0.1) is 5.92 Å². The zero-order chi connectivity index (χ0) is 13.2. The summed E-state index contributed by atoms with van der Waals surface area (Å²) in [5.41, 5.74) is 1.63. The smallest absolute Gasteiger partial charge is 0.290 e. The van der Waals surface area contributed by atoms with Gasteiger partial charge in [0.2, 0.25) is 5.76 Å². The van der Waals surface area contributed by atoms with Gasteiger partial charge in [-0.1, -0.05) is 42.4 Å². The summed E-state index contributed by atoms with van der Waals surface area (Å²) in [4.78, 5) is 12.0. The molecule has 19 heavy (non-hydrogen) atoms. The van der Waals surface area contributed by atoms with Crippen molar-refractivity contribution in [1.29, 1.82) is 0 Å². The molecule has 1 saturated carbocycles. The maximum absolute atomic E-state index is 12.0. The molecule has 4 heteroatoms. The molecule has 0 unspecified atom stereocenters. The second kappa shape index (κ2) is 4.88. The zero-order valence-electron chi connectivity index (χ0n) is 10.8. The third-order valence-corrected chi connectivity index (χ3v) is 3.51. The summed E-state index contributed by atoms with van der Waals surface area (Å²) in [5.74, 6) is 0.810. The van der Waals surface area contributed by atoms with Crippen molar-refractivity contribution in [3.8, 4) is 11.3 Å². The monoisotopic (exact) mass is 256 g/mol. The first-order chi connectivity index (χ1) is 9.22. The third kappa shape index (κ3) is 2.52. The molecule has 1 heterocycles. The Balaban J connectivity index is 1.69. The van der Waals surface area contributed by atoms with Crippen molar-refractivity contribution < 1.29 is 9.32 Å². The van der Waals surface area contributed by atoms with Gasteiger partial charge in [0.15, 0.2) is 0 Å². The highest BCUT2D eigenvalue weighted by Gasteiger charge is 2.28. The van der Waals surface area contributed by atoms with Crippen LogP contribution >= 0.6 is 0 Å². The van der Waals surface area contributed by atoms with E-state index in [2.05, 4.69) is 17.4 Å². The summed E-state index contributed by atoms with van der Waals surface area (Å²) in [7, 11) is 0. The quantitative estimate of drug-likeness (QED) is 0.918. The lowest BCUT2D eigenvalue weighted by Gasteiger charge is -2.32. The maximum atomic E-state index is 12.0. The molecule has 0 aliphatic heterocycles. The van der Waals surface area contributed by atoms with E-state index in [0.717, 1.165) is 18.4 Å². The summed E-state index contributed by atoms with van der Waals surface area (Å²) >= 11 is 0. The van der Waals surface area contributed by atoms with Gasteiger partial charge in [-0.15, -0.1) is 0 Å². The van der Waals surface area contributed by atoms with Crippen molar-refractivity contribution in [1.82, 2.24) is 10.5 Å². The third-order valence-electron chi connectivity index (χ3n) is 3.51. The zero-order valence-corrected chi connectivity index (χ0v) is 10.8. The lowest BCUT2D eigenvalue weighted by molar-refractivity contribution is 0.0858. The predicted octanol–water partition coefficient (Wildman–Crippen LogP) is 2.87. The highest BCUT2D eigenvalue weighted by atomic mass is 16.5. The molecule has 2 aromatic rings. The number of carbonyl (C=O) groups is 1. The van der Waals surface area contributed by atoms with E-state index in [-0.39, 0.29) is 17.7 Å². The number of hydrogen-bond acceptors (Lipinski definition) is 3. The minimum atomic E-state index is -0.174. The van der Waals surface area contributed by atoms with E-state index in [9.17, 15) is 4.79 Å². The van der Waals surface area contributed by atoms with Gasteiger partial charge in [0.1, 0.15) is 5.69 Å². The topological polar surface area (TPSA) is 55.1 Å². The van der Waals surface area contributed by atoms with Crippen LogP contribution in [0.25, 0.3) is 11.3 Å². The molecular formula is C15H16N2O2. The van der Waals surface area contributed by atoms with Crippen LogP contribution in [0.15, 0.2) is 40.9 Å². The lowest BCUT2D eigenvalue weighted by atomic mass is 9.82. The summed E-state index contributed by atoms with van der Waals surface area (Å²) < 4.78 is 5.12. The molecule has 0 saturated heterocycles. The number of carbonyl (C=O) groups excluding carboxylic acids is 1. The first-order valence-corrected chi connectivity index (χ1v) is 6.55. The molecule has 0 atom stereocenters. The van der Waals surface area contributed by atoms with Gasteiger partial charge in [-0.25, -0.2) is 0 Å². The standard InChI is InChI=1S/C15H16N2O2/c1-10-7-12(8-10)16-15(18)14-9-13(17-19-14)11-5-3-2-4-6-11/h2-6,9-10,12H,7-8H2,1H3,(H,16,18)/t10-,12+. The minimum Gasteiger partial charge on any atom is -0.350 e. The van der Waals surface area contributed by atoms with Gasteiger partial charge in [-0.3, -0.25) is 4.79 Å². The van der Waals surface area contributed by atoms with Gasteiger partial charge < -0.3 is 9.84 Å². The molecule has 1 amide bonds. The molecule has 0 spiro atoms. The van der Waals surface area contributed by atoms with Crippen molar-refractivity contribution in [3.05, 3.63) is 42.2 Å². The number of rotatable bonds is 3. The van der Waals surface area contributed by atoms with Gasteiger partial charge >= 0.3 is 0 Å². The molecule has 1 aliphatic carbocycles. The molecule has 1 fully saturated rings. The molecular weight excluding hydrogens is 240 g/mol. The number of hydrogen-bond donors (Lipinski definition) is 1. The maximum Gasteiger partial charge on any atom is 0.290 e. The van der Waals surface area contributed by atoms with Crippen LogP contribution < -0.4 is 5.32 Å². The van der Waals surface area contributed by atoms with Gasteiger partial charge in [0.25, 0.3) is 5.91 Å². The molecule has 0 radical (unpaired) electrons. The second-order valence-corrected chi connectivity index (χ2v) is 5.19. The lowest BCUT2D eigenvalue weighted by Crippen LogP contribution is -2.43. The van der Waals surface area contributed by atoms with E-state index in [1.54, 1.807) is 6.07 Å². The van der Waals surface area contributed by atoms with Crippen LogP contribution in [0.3, 0.4) is 0 Å². The molecule has 98 valence electrons. The van der Waals surface area contributed by atoms with Crippen molar-refractivity contribution in [2.45, 2.75) is 25.8 Å². The van der Waals surface area contributed by atoms with Crippen molar-refractivity contribution in [2.75, 3.05) is 0 Å². The van der Waals surface area contributed by atoms with E-state index >= 15 is 0 Å². The van der Waals surface area contributed by atoms with Crippen molar-refractivity contribution in [3.63, 3.8) is 0 Å². The molecule has 1 aromatic carbocycles. The van der Waals surface area contributed by atoms with Crippen molar-refractivity contribution >= 4 is 5.91 Å². The van der Waals surface area contributed by atoms with E-state index in [1.165, 1.54) is 0 Å². The summed E-state index contributed by atoms with van der Waals surface area (Å²) in [6, 6.07) is 11.6. The Morgan fingerprint density at radius 2 is 2.05 bits per heavy atom. The van der Waals surface area contributed by atoms with Crippen LogP contribution in [-0.4, -0.2) is 17.1 Å². The van der Waals surface area contributed by atoms with Gasteiger partial charge in [-0.2, -0.15) is 0 Å². The Bertz CT molecular complexity index is 571. The summed E-state index contributed by atoms with van der Waals surface area (Å²) in [5, 5.41) is 6.89. The Kier molecular flexibility index (Phi) is 3.07. The minimum absolute atomic E-state index is 0.174. The number of benzene rings is 1. The van der Waals surface area contributed by atoms with Crippen LogP contribution in [0.1, 0.15) is 30.3 Å². The Hall–Kier alpha value is -2.10. The number of nitrogens with zero attached hydrogens (tertiary/aromatic N) is 1. The van der Waals surface area contributed by atoms with E-state index in [1.807, 2.05) is 30.3 Å². The highest BCUT2D eigenvalue weighted by molar-refractivity contribution is 5.92. The fourth-order valence-corrected chi connectivity index (χ4v) is 2.40. The highest BCUT2D eigenvalue weighted by Crippen LogP contribution is 2.26. The number of amides is 1. The second-order valence-electron chi connectivity index (χ2n) is 5.19. The van der Waals surface area contributed by atoms with Crippen LogP contribution in [0.2, 0.25) is 0 Å². The molecule has 1 aliphatic rings. The predicted molar refractivity (Wildman–Crippen MR) is 71.6 cm³/mol. The Morgan fingerprint density at radius 3 is 2.74 bits per heavy atom. The Morgan fingerprint density at radius 1 is 1.32 bits per heavy atom. The van der Waals surface area contributed by atoms with Crippen molar-refractivity contribution in [2.24, 2.45) is 5.92 Å². The molecule has 3 rings (SSSR count). The van der Waals surface area contributed by atoms with Gasteiger partial charge in [0, 0.05) is 17.7 Å². The van der Waals surface area contributed by atoms with Gasteiger partial charge in [0.05, 0.1) is 0 Å². The normalized spacial score (nSPS) is 21.7.